The van der Waals surface area contributed by atoms with Gasteiger partial charge in [-0.05, 0) is 37.5 Å². The van der Waals surface area contributed by atoms with Crippen molar-refractivity contribution in [3.8, 4) is 0 Å². The molecule has 0 bridgehead atoms. The molecule has 222 valence electrons. The molecule has 0 aromatic heterocycles. The smallest absolute Gasteiger partial charge is 0.307 e. The maximum atomic E-state index is 12.7. The fourth-order valence-electron chi connectivity index (χ4n) is 4.67. The van der Waals surface area contributed by atoms with E-state index in [4.69, 9.17) is 0 Å². The van der Waals surface area contributed by atoms with Gasteiger partial charge in [0.1, 0.15) is 0 Å². The first-order valence-corrected chi connectivity index (χ1v) is 15.9. The molecule has 0 fully saturated rings. The monoisotopic (exact) mass is 555 g/mol. The summed E-state index contributed by atoms with van der Waals surface area (Å²) in [5.41, 5.74) is 1.33. The summed E-state index contributed by atoms with van der Waals surface area (Å²) < 4.78 is 0. The van der Waals surface area contributed by atoms with E-state index in [1.54, 1.807) is 6.92 Å². The number of amides is 1. The zero-order valence-electron chi connectivity index (χ0n) is 25.3. The predicted octanol–water partition coefficient (Wildman–Crippen LogP) is 6.90. The van der Waals surface area contributed by atoms with Crippen LogP contribution in [0.4, 0.5) is 0 Å². The SMILES string of the molecule is CC(=O)NC(C(=O)CC(CSC/C=C(\C)CCCC(C)CCCC(C)CCCC(C)C)C(=O)O)C(C)CO. The highest BCUT2D eigenvalue weighted by molar-refractivity contribution is 7.99. The third-order valence-corrected chi connectivity index (χ3v) is 8.41. The largest absolute Gasteiger partial charge is 0.481 e. The van der Waals surface area contributed by atoms with E-state index in [-0.39, 0.29) is 24.7 Å². The van der Waals surface area contributed by atoms with Crippen molar-refractivity contribution in [3.63, 3.8) is 0 Å². The Labute approximate surface area is 237 Å². The third-order valence-electron chi connectivity index (χ3n) is 7.37. The Balaban J connectivity index is 4.30. The van der Waals surface area contributed by atoms with Crippen LogP contribution in [0.15, 0.2) is 11.6 Å². The van der Waals surface area contributed by atoms with Crippen molar-refractivity contribution in [2.75, 3.05) is 18.1 Å². The van der Waals surface area contributed by atoms with Crippen LogP contribution in [0.3, 0.4) is 0 Å². The number of allylic oxidation sites excluding steroid dienone is 1. The number of Topliss-reactive ketones (excluding diaryl/α,β-unsaturated/α-hetero) is 1. The van der Waals surface area contributed by atoms with E-state index in [1.165, 1.54) is 75.6 Å². The van der Waals surface area contributed by atoms with Gasteiger partial charge in [-0.15, -0.1) is 0 Å². The molecule has 0 heterocycles. The van der Waals surface area contributed by atoms with E-state index in [0.717, 1.165) is 29.9 Å². The summed E-state index contributed by atoms with van der Waals surface area (Å²) in [4.78, 5) is 35.8. The van der Waals surface area contributed by atoms with Crippen molar-refractivity contribution < 1.29 is 24.6 Å². The van der Waals surface area contributed by atoms with Crippen molar-refractivity contribution in [1.82, 2.24) is 5.32 Å². The molecule has 1 amide bonds. The Kier molecular flexibility index (Phi) is 20.7. The van der Waals surface area contributed by atoms with E-state index in [2.05, 4.69) is 46.0 Å². The molecule has 5 atom stereocenters. The Morgan fingerprint density at radius 1 is 0.868 bits per heavy atom. The molecular weight excluding hydrogens is 498 g/mol. The standard InChI is InChI=1S/C31H57NO5S/c1-22(2)11-8-12-23(3)13-9-14-24(4)15-10-16-25(5)17-18-38-21-28(31(36)37)19-29(35)30(26(6)20-33)32-27(7)34/h17,22-24,26,28,30,33H,8-16,18-21H2,1-7H3,(H,32,34)(H,36,37)/b25-17+. The van der Waals surface area contributed by atoms with Crippen LogP contribution in [-0.2, 0) is 14.4 Å². The van der Waals surface area contributed by atoms with E-state index >= 15 is 0 Å². The minimum atomic E-state index is -1.01. The lowest BCUT2D eigenvalue weighted by Crippen LogP contribution is -2.46. The van der Waals surface area contributed by atoms with Gasteiger partial charge in [-0.3, -0.25) is 14.4 Å². The van der Waals surface area contributed by atoms with Crippen molar-refractivity contribution in [2.45, 2.75) is 119 Å². The van der Waals surface area contributed by atoms with Crippen LogP contribution >= 0.6 is 11.8 Å². The molecule has 0 saturated heterocycles. The second-order valence-corrected chi connectivity index (χ2v) is 13.1. The molecule has 0 aromatic carbocycles. The van der Waals surface area contributed by atoms with Crippen LogP contribution in [0.5, 0.6) is 0 Å². The Bertz CT molecular complexity index is 708. The topological polar surface area (TPSA) is 104 Å². The lowest BCUT2D eigenvalue weighted by atomic mass is 9.91. The number of carboxylic acids is 1. The quantitative estimate of drug-likeness (QED) is 0.0936. The van der Waals surface area contributed by atoms with Crippen molar-refractivity contribution >= 4 is 29.4 Å². The minimum absolute atomic E-state index is 0.158. The van der Waals surface area contributed by atoms with Crippen molar-refractivity contribution in [1.29, 1.82) is 0 Å². The molecule has 0 aliphatic heterocycles. The molecule has 6 nitrogen and oxygen atoms in total. The number of aliphatic hydroxyl groups is 1. The molecule has 0 saturated carbocycles. The number of ketones is 1. The van der Waals surface area contributed by atoms with Gasteiger partial charge in [-0.25, -0.2) is 0 Å². The predicted molar refractivity (Wildman–Crippen MR) is 160 cm³/mol. The summed E-state index contributed by atoms with van der Waals surface area (Å²) in [5, 5.41) is 21.5. The minimum Gasteiger partial charge on any atom is -0.481 e. The number of aliphatic hydroxyl groups excluding tert-OH is 1. The molecular formula is C31H57NO5S. The van der Waals surface area contributed by atoms with Crippen LogP contribution in [0.25, 0.3) is 0 Å². The molecule has 0 spiro atoms. The highest BCUT2D eigenvalue weighted by atomic mass is 32.2. The molecule has 0 aliphatic carbocycles. The van der Waals surface area contributed by atoms with Crippen LogP contribution in [-0.4, -0.2) is 52.0 Å². The maximum absolute atomic E-state index is 12.7. The molecule has 7 heteroatoms. The highest BCUT2D eigenvalue weighted by Crippen LogP contribution is 2.22. The summed E-state index contributed by atoms with van der Waals surface area (Å²) in [5.74, 6) is 0.435. The highest BCUT2D eigenvalue weighted by Gasteiger charge is 2.30. The Morgan fingerprint density at radius 2 is 1.42 bits per heavy atom. The van der Waals surface area contributed by atoms with Gasteiger partial charge < -0.3 is 15.5 Å². The van der Waals surface area contributed by atoms with Gasteiger partial charge >= 0.3 is 5.97 Å². The lowest BCUT2D eigenvalue weighted by Gasteiger charge is -2.23. The number of aliphatic carboxylic acids is 1. The summed E-state index contributed by atoms with van der Waals surface area (Å²) in [6, 6.07) is -0.869. The number of nitrogens with one attached hydrogen (secondary N) is 1. The maximum Gasteiger partial charge on any atom is 0.307 e. The summed E-state index contributed by atoms with van der Waals surface area (Å²) in [7, 11) is 0. The van der Waals surface area contributed by atoms with E-state index in [9.17, 15) is 24.6 Å². The molecule has 0 aromatic rings. The number of carbonyl (C=O) groups excluding carboxylic acids is 2. The molecule has 3 N–H and O–H groups in total. The number of rotatable bonds is 23. The van der Waals surface area contributed by atoms with Gasteiger partial charge in [0.05, 0.1) is 12.0 Å². The Morgan fingerprint density at radius 3 is 1.92 bits per heavy atom. The lowest BCUT2D eigenvalue weighted by molar-refractivity contribution is -0.143. The number of carboxylic acid groups (broad SMARTS) is 1. The van der Waals surface area contributed by atoms with Gasteiger partial charge in [-0.1, -0.05) is 91.2 Å². The van der Waals surface area contributed by atoms with Crippen molar-refractivity contribution in [2.24, 2.45) is 29.6 Å². The zero-order chi connectivity index (χ0) is 29.1. The first kappa shape index (κ1) is 36.7. The molecule has 0 rings (SSSR count). The Hall–Kier alpha value is -1.34. The normalized spacial score (nSPS) is 16.1. The van der Waals surface area contributed by atoms with Gasteiger partial charge in [0, 0.05) is 37.4 Å². The number of hydrogen-bond donors (Lipinski definition) is 3. The van der Waals surface area contributed by atoms with E-state index in [1.807, 2.05) is 0 Å². The number of hydrogen-bond acceptors (Lipinski definition) is 5. The average Bonchev–Trinajstić information content (AvgIpc) is 2.83. The fourth-order valence-corrected chi connectivity index (χ4v) is 5.76. The van der Waals surface area contributed by atoms with Crippen LogP contribution < -0.4 is 5.32 Å². The van der Waals surface area contributed by atoms with E-state index in [0.29, 0.717) is 5.75 Å². The van der Waals surface area contributed by atoms with Gasteiger partial charge in [0.2, 0.25) is 5.91 Å². The second kappa shape index (κ2) is 21.5. The summed E-state index contributed by atoms with van der Waals surface area (Å²) in [6.07, 6.45) is 13.5. The second-order valence-electron chi connectivity index (χ2n) is 12.0. The average molecular weight is 556 g/mol. The number of thioether (sulfide) groups is 1. The molecule has 38 heavy (non-hydrogen) atoms. The summed E-state index contributed by atoms with van der Waals surface area (Å²) in [6.45, 7) is 14.2. The molecule has 0 radical (unpaired) electrons. The first-order valence-electron chi connectivity index (χ1n) is 14.7. The van der Waals surface area contributed by atoms with Gasteiger partial charge in [0.25, 0.3) is 0 Å². The summed E-state index contributed by atoms with van der Waals surface area (Å²) >= 11 is 1.51. The van der Waals surface area contributed by atoms with Crippen molar-refractivity contribution in [3.05, 3.63) is 11.6 Å². The fraction of sp³-hybridized carbons (Fsp3) is 0.839. The van der Waals surface area contributed by atoms with Gasteiger partial charge in [-0.2, -0.15) is 11.8 Å². The first-order chi connectivity index (χ1) is 17.9. The van der Waals surface area contributed by atoms with Crippen LogP contribution in [0.2, 0.25) is 0 Å². The van der Waals surface area contributed by atoms with Crippen LogP contribution in [0.1, 0.15) is 113 Å². The van der Waals surface area contributed by atoms with Gasteiger partial charge in [0.15, 0.2) is 5.78 Å². The van der Waals surface area contributed by atoms with E-state index < -0.39 is 23.8 Å². The zero-order valence-corrected chi connectivity index (χ0v) is 26.1. The van der Waals surface area contributed by atoms with Crippen LogP contribution in [0, 0.1) is 29.6 Å². The number of carbonyl (C=O) groups is 3. The molecule has 5 unspecified atom stereocenters. The molecule has 0 aliphatic rings. The third kappa shape index (κ3) is 18.8.